The van der Waals surface area contributed by atoms with Gasteiger partial charge in [-0.05, 0) is 36.1 Å². The largest absolute Gasteiger partial charge is 0.508 e. The number of halogens is 1. The molecular formula is C19H18FNO5. The second kappa shape index (κ2) is 7.43. The molecular weight excluding hydrogens is 341 g/mol. The first-order valence-corrected chi connectivity index (χ1v) is 8.17. The van der Waals surface area contributed by atoms with Crippen molar-refractivity contribution < 1.29 is 28.9 Å². The van der Waals surface area contributed by atoms with Crippen LogP contribution in [0.15, 0.2) is 48.5 Å². The molecule has 1 unspecified atom stereocenters. The Labute approximate surface area is 149 Å². The predicted octanol–water partition coefficient (Wildman–Crippen LogP) is 3.46. The number of carbonyl (C=O) groups is 2. The molecule has 3 rings (SSSR count). The van der Waals surface area contributed by atoms with Gasteiger partial charge < -0.3 is 14.9 Å². The zero-order valence-corrected chi connectivity index (χ0v) is 13.8. The molecule has 2 aromatic carbocycles. The number of hydrogen-bond acceptors (Lipinski definition) is 4. The van der Waals surface area contributed by atoms with Crippen molar-refractivity contribution in [2.75, 3.05) is 0 Å². The number of benzene rings is 2. The van der Waals surface area contributed by atoms with Crippen LogP contribution in [0.25, 0.3) is 0 Å². The van der Waals surface area contributed by atoms with Crippen LogP contribution in [0.1, 0.15) is 30.0 Å². The van der Waals surface area contributed by atoms with E-state index >= 15 is 0 Å². The molecule has 136 valence electrons. The Morgan fingerprint density at radius 1 is 1.19 bits per heavy atom. The Bertz CT molecular complexity index is 787. The van der Waals surface area contributed by atoms with E-state index in [-0.39, 0.29) is 18.2 Å². The van der Waals surface area contributed by atoms with Gasteiger partial charge in [0.2, 0.25) is 0 Å². The zero-order chi connectivity index (χ0) is 18.7. The van der Waals surface area contributed by atoms with Crippen LogP contribution in [0.4, 0.5) is 9.18 Å². The number of carboxylic acids is 1. The van der Waals surface area contributed by atoms with Crippen molar-refractivity contribution in [2.45, 2.75) is 31.5 Å². The molecule has 0 aliphatic heterocycles. The number of carboxylic acid groups (broad SMARTS) is 1. The highest BCUT2D eigenvalue weighted by Gasteiger charge is 2.42. The van der Waals surface area contributed by atoms with E-state index in [1.807, 2.05) is 6.07 Å². The number of carbonyl (C=O) groups excluding carboxylic acids is 1. The van der Waals surface area contributed by atoms with E-state index in [0.29, 0.717) is 12.8 Å². The summed E-state index contributed by atoms with van der Waals surface area (Å²) in [5, 5.41) is 19.2. The molecule has 0 spiro atoms. The van der Waals surface area contributed by atoms with Gasteiger partial charge in [-0.15, -0.1) is 0 Å². The highest BCUT2D eigenvalue weighted by molar-refractivity contribution is 5.82. The number of hydrogen-bond donors (Lipinski definition) is 2. The van der Waals surface area contributed by atoms with E-state index in [1.54, 1.807) is 24.3 Å². The summed E-state index contributed by atoms with van der Waals surface area (Å²) in [5.74, 6) is -2.50. The van der Waals surface area contributed by atoms with Crippen LogP contribution in [0.2, 0.25) is 0 Å². The van der Waals surface area contributed by atoms with Gasteiger partial charge in [0.05, 0.1) is 0 Å². The molecule has 7 heteroatoms. The minimum Gasteiger partial charge on any atom is -0.508 e. The molecule has 1 atom stereocenters. The SMILES string of the molecule is O=C(O)C(c1cc(O)cc(F)c1)N(C(=O)OCc1ccccc1)C1CC1. The molecule has 2 aromatic rings. The predicted molar refractivity (Wildman–Crippen MR) is 89.9 cm³/mol. The second-order valence-electron chi connectivity index (χ2n) is 6.16. The second-order valence-corrected chi connectivity index (χ2v) is 6.16. The molecule has 0 heterocycles. The number of phenols is 1. The molecule has 2 N–H and O–H groups in total. The summed E-state index contributed by atoms with van der Waals surface area (Å²) >= 11 is 0. The maximum absolute atomic E-state index is 13.6. The molecule has 0 radical (unpaired) electrons. The lowest BCUT2D eigenvalue weighted by atomic mass is 10.0. The fraction of sp³-hybridized carbons (Fsp3) is 0.263. The molecule has 6 nitrogen and oxygen atoms in total. The lowest BCUT2D eigenvalue weighted by Crippen LogP contribution is -2.41. The summed E-state index contributed by atoms with van der Waals surface area (Å²) in [6.45, 7) is 0.00360. The third-order valence-electron chi connectivity index (χ3n) is 4.09. The minimum absolute atomic E-state index is 0.00360. The van der Waals surface area contributed by atoms with Crippen molar-refractivity contribution >= 4 is 12.1 Å². The van der Waals surface area contributed by atoms with E-state index < -0.39 is 29.7 Å². The Kier molecular flexibility index (Phi) is 5.06. The first-order valence-electron chi connectivity index (χ1n) is 8.17. The van der Waals surface area contributed by atoms with Crippen LogP contribution >= 0.6 is 0 Å². The van der Waals surface area contributed by atoms with Gasteiger partial charge in [0.25, 0.3) is 0 Å². The molecule has 26 heavy (non-hydrogen) atoms. The average Bonchev–Trinajstić information content (AvgIpc) is 3.41. The van der Waals surface area contributed by atoms with Crippen LogP contribution in [0.3, 0.4) is 0 Å². The normalized spacial score (nSPS) is 14.5. The molecule has 1 aliphatic rings. The fourth-order valence-corrected chi connectivity index (χ4v) is 2.79. The summed E-state index contributed by atoms with van der Waals surface area (Å²) in [7, 11) is 0. The summed E-state index contributed by atoms with van der Waals surface area (Å²) in [5.41, 5.74) is 0.755. The Morgan fingerprint density at radius 2 is 1.88 bits per heavy atom. The van der Waals surface area contributed by atoms with Crippen LogP contribution in [-0.4, -0.2) is 33.2 Å². The topological polar surface area (TPSA) is 87.1 Å². The van der Waals surface area contributed by atoms with E-state index in [9.17, 15) is 24.2 Å². The van der Waals surface area contributed by atoms with E-state index in [0.717, 1.165) is 28.7 Å². The van der Waals surface area contributed by atoms with Crippen molar-refractivity contribution in [3.63, 3.8) is 0 Å². The van der Waals surface area contributed by atoms with Crippen LogP contribution < -0.4 is 0 Å². The average molecular weight is 359 g/mol. The Hall–Kier alpha value is -3.09. The quantitative estimate of drug-likeness (QED) is 0.825. The minimum atomic E-state index is -1.44. The lowest BCUT2D eigenvalue weighted by Gasteiger charge is -2.28. The first-order chi connectivity index (χ1) is 12.5. The smallest absolute Gasteiger partial charge is 0.411 e. The van der Waals surface area contributed by atoms with Crippen molar-refractivity contribution in [1.29, 1.82) is 0 Å². The van der Waals surface area contributed by atoms with Gasteiger partial charge in [-0.2, -0.15) is 0 Å². The van der Waals surface area contributed by atoms with E-state index in [4.69, 9.17) is 4.74 Å². The lowest BCUT2D eigenvalue weighted by molar-refractivity contribution is -0.143. The number of rotatable bonds is 6. The summed E-state index contributed by atoms with van der Waals surface area (Å²) in [6, 6.07) is 10.3. The number of phenolic OH excluding ortho intramolecular Hbond substituents is 1. The van der Waals surface area contributed by atoms with Crippen molar-refractivity contribution in [3.05, 3.63) is 65.5 Å². The number of ether oxygens (including phenoxy) is 1. The van der Waals surface area contributed by atoms with Crippen LogP contribution in [0.5, 0.6) is 5.75 Å². The summed E-state index contributed by atoms with van der Waals surface area (Å²) in [6.07, 6.45) is 0.504. The van der Waals surface area contributed by atoms with Crippen molar-refractivity contribution in [2.24, 2.45) is 0 Å². The number of nitrogens with zero attached hydrogens (tertiary/aromatic N) is 1. The Morgan fingerprint density at radius 3 is 2.46 bits per heavy atom. The zero-order valence-electron chi connectivity index (χ0n) is 13.8. The maximum Gasteiger partial charge on any atom is 0.411 e. The van der Waals surface area contributed by atoms with Gasteiger partial charge >= 0.3 is 12.1 Å². The van der Waals surface area contributed by atoms with Gasteiger partial charge in [-0.1, -0.05) is 30.3 Å². The van der Waals surface area contributed by atoms with E-state index in [1.165, 1.54) is 0 Å². The van der Waals surface area contributed by atoms with E-state index in [2.05, 4.69) is 0 Å². The van der Waals surface area contributed by atoms with Gasteiger partial charge in [0.15, 0.2) is 6.04 Å². The number of aliphatic carboxylic acids is 1. The third-order valence-corrected chi connectivity index (χ3v) is 4.09. The monoisotopic (exact) mass is 359 g/mol. The highest BCUT2D eigenvalue weighted by atomic mass is 19.1. The van der Waals surface area contributed by atoms with Gasteiger partial charge in [-0.3, -0.25) is 4.90 Å². The molecule has 1 aliphatic carbocycles. The van der Waals surface area contributed by atoms with Crippen LogP contribution in [-0.2, 0) is 16.1 Å². The summed E-state index contributed by atoms with van der Waals surface area (Å²) < 4.78 is 18.9. The van der Waals surface area contributed by atoms with Gasteiger partial charge in [0.1, 0.15) is 18.2 Å². The van der Waals surface area contributed by atoms with Gasteiger partial charge in [0, 0.05) is 12.1 Å². The number of amides is 1. The molecule has 0 bridgehead atoms. The standard InChI is InChI=1S/C19H18FNO5/c20-14-8-13(9-16(22)10-14)17(18(23)24)21(15-6-7-15)19(25)26-11-12-4-2-1-3-5-12/h1-5,8-10,15,17,22H,6-7,11H2,(H,23,24). The van der Waals surface area contributed by atoms with Gasteiger partial charge in [-0.25, -0.2) is 14.0 Å². The fourth-order valence-electron chi connectivity index (χ4n) is 2.79. The number of aromatic hydroxyl groups is 1. The first kappa shape index (κ1) is 17.7. The molecule has 1 fully saturated rings. The molecule has 0 aromatic heterocycles. The maximum atomic E-state index is 13.6. The Balaban J connectivity index is 1.84. The highest BCUT2D eigenvalue weighted by Crippen LogP contribution is 2.36. The van der Waals surface area contributed by atoms with Crippen molar-refractivity contribution in [1.82, 2.24) is 4.90 Å². The molecule has 1 amide bonds. The van der Waals surface area contributed by atoms with Crippen LogP contribution in [0, 0.1) is 5.82 Å². The molecule has 0 saturated heterocycles. The third kappa shape index (κ3) is 4.11. The van der Waals surface area contributed by atoms with Crippen molar-refractivity contribution in [3.8, 4) is 5.75 Å². The molecule has 1 saturated carbocycles. The summed E-state index contributed by atoms with van der Waals surface area (Å²) in [4.78, 5) is 25.5.